The highest BCUT2D eigenvalue weighted by Gasteiger charge is 2.09. The van der Waals surface area contributed by atoms with E-state index in [9.17, 15) is 4.79 Å². The van der Waals surface area contributed by atoms with Crippen LogP contribution in [-0.4, -0.2) is 47.8 Å². The number of carbonyl (C=O) groups excluding carboxylic acids is 1. The van der Waals surface area contributed by atoms with Crippen molar-refractivity contribution in [2.45, 2.75) is 40.2 Å². The van der Waals surface area contributed by atoms with Gasteiger partial charge >= 0.3 is 0 Å². The van der Waals surface area contributed by atoms with E-state index in [0.717, 1.165) is 25.2 Å². The van der Waals surface area contributed by atoms with Crippen LogP contribution in [-0.2, 0) is 11.3 Å². The molecule has 0 aliphatic carbocycles. The Balaban J connectivity index is 2.24. The lowest BCUT2D eigenvalue weighted by atomic mass is 10.1. The van der Waals surface area contributed by atoms with Crippen molar-refractivity contribution in [1.82, 2.24) is 20.0 Å². The number of aryl methyl sites for hydroxylation is 2. The van der Waals surface area contributed by atoms with E-state index in [1.54, 1.807) is 0 Å². The molecular formula is C15H28N4O. The monoisotopic (exact) mass is 280 g/mol. The van der Waals surface area contributed by atoms with Gasteiger partial charge in [0.15, 0.2) is 0 Å². The molecule has 20 heavy (non-hydrogen) atoms. The Morgan fingerprint density at radius 3 is 2.70 bits per heavy atom. The lowest BCUT2D eigenvalue weighted by molar-refractivity contribution is -0.121. The maximum atomic E-state index is 11.7. The first-order valence-electron chi connectivity index (χ1n) is 7.31. The number of carbonyl (C=O) groups is 1. The molecule has 0 aromatic carbocycles. The van der Waals surface area contributed by atoms with E-state index in [1.165, 1.54) is 5.69 Å². The van der Waals surface area contributed by atoms with Crippen molar-refractivity contribution in [3.63, 3.8) is 0 Å². The summed E-state index contributed by atoms with van der Waals surface area (Å²) in [7, 11) is 4.04. The number of nitrogens with zero attached hydrogens (tertiary/aromatic N) is 3. The Bertz CT molecular complexity index is 426. The van der Waals surface area contributed by atoms with E-state index >= 15 is 0 Å². The summed E-state index contributed by atoms with van der Waals surface area (Å²) in [4.78, 5) is 13.8. The van der Waals surface area contributed by atoms with Crippen molar-refractivity contribution < 1.29 is 4.79 Å². The molecule has 1 heterocycles. The predicted molar refractivity (Wildman–Crippen MR) is 81.7 cm³/mol. The molecule has 1 aromatic heterocycles. The normalized spacial score (nSPS) is 12.7. The molecule has 1 amide bonds. The summed E-state index contributed by atoms with van der Waals surface area (Å²) in [5.41, 5.74) is 2.22. The third-order valence-electron chi connectivity index (χ3n) is 3.24. The van der Waals surface area contributed by atoms with Crippen molar-refractivity contribution >= 4 is 5.91 Å². The molecule has 1 N–H and O–H groups in total. The fourth-order valence-corrected chi connectivity index (χ4v) is 2.15. The lowest BCUT2D eigenvalue weighted by Crippen LogP contribution is -2.30. The van der Waals surface area contributed by atoms with Crippen LogP contribution >= 0.6 is 0 Å². The Hall–Kier alpha value is -1.36. The van der Waals surface area contributed by atoms with Crippen LogP contribution in [0, 0.1) is 19.8 Å². The minimum atomic E-state index is 0.145. The molecular weight excluding hydrogens is 252 g/mol. The van der Waals surface area contributed by atoms with Gasteiger partial charge < -0.3 is 10.2 Å². The van der Waals surface area contributed by atoms with E-state index in [0.29, 0.717) is 18.9 Å². The third kappa shape index (κ3) is 6.19. The van der Waals surface area contributed by atoms with Crippen LogP contribution in [0.1, 0.15) is 31.2 Å². The van der Waals surface area contributed by atoms with Gasteiger partial charge in [-0.15, -0.1) is 0 Å². The minimum Gasteiger partial charge on any atom is -0.356 e. The second kappa shape index (κ2) is 8.04. The van der Waals surface area contributed by atoms with Crippen LogP contribution in [0.25, 0.3) is 0 Å². The average Bonchev–Trinajstić information content (AvgIpc) is 2.65. The van der Waals surface area contributed by atoms with Crippen molar-refractivity contribution in [1.29, 1.82) is 0 Å². The fraction of sp³-hybridized carbons (Fsp3) is 0.733. The minimum absolute atomic E-state index is 0.145. The maximum absolute atomic E-state index is 11.7. The van der Waals surface area contributed by atoms with Gasteiger partial charge in [-0.1, -0.05) is 6.92 Å². The Morgan fingerprint density at radius 1 is 1.45 bits per heavy atom. The van der Waals surface area contributed by atoms with E-state index < -0.39 is 0 Å². The van der Waals surface area contributed by atoms with Gasteiger partial charge in [0.25, 0.3) is 0 Å². The summed E-state index contributed by atoms with van der Waals surface area (Å²) < 4.78 is 2.01. The van der Waals surface area contributed by atoms with Crippen molar-refractivity contribution in [2.24, 2.45) is 5.92 Å². The summed E-state index contributed by atoms with van der Waals surface area (Å²) in [6.45, 7) is 8.70. The summed E-state index contributed by atoms with van der Waals surface area (Å²) >= 11 is 0. The van der Waals surface area contributed by atoms with Crippen LogP contribution in [0.5, 0.6) is 0 Å². The molecule has 0 saturated heterocycles. The summed E-state index contributed by atoms with van der Waals surface area (Å²) in [5, 5.41) is 7.45. The number of rotatable bonds is 8. The van der Waals surface area contributed by atoms with Crippen molar-refractivity contribution in [3.05, 3.63) is 17.5 Å². The van der Waals surface area contributed by atoms with Gasteiger partial charge in [-0.05, 0) is 52.9 Å². The van der Waals surface area contributed by atoms with Crippen LogP contribution in [0.15, 0.2) is 6.07 Å². The highest BCUT2D eigenvalue weighted by molar-refractivity contribution is 5.75. The third-order valence-corrected chi connectivity index (χ3v) is 3.24. The van der Waals surface area contributed by atoms with Gasteiger partial charge in [-0.3, -0.25) is 9.48 Å². The topological polar surface area (TPSA) is 50.2 Å². The Labute approximate surface area is 122 Å². The fourth-order valence-electron chi connectivity index (χ4n) is 2.15. The molecule has 5 nitrogen and oxygen atoms in total. The average molecular weight is 280 g/mol. The number of aromatic nitrogens is 2. The molecule has 0 fully saturated rings. The highest BCUT2D eigenvalue weighted by Crippen LogP contribution is 2.06. The van der Waals surface area contributed by atoms with E-state index in [1.807, 2.05) is 25.7 Å². The molecule has 1 rings (SSSR count). The van der Waals surface area contributed by atoms with E-state index in [2.05, 4.69) is 35.2 Å². The quantitative estimate of drug-likeness (QED) is 0.787. The van der Waals surface area contributed by atoms with Gasteiger partial charge in [0.2, 0.25) is 5.91 Å². The first kappa shape index (κ1) is 16.7. The number of amides is 1. The number of hydrogen-bond donors (Lipinski definition) is 1. The maximum Gasteiger partial charge on any atom is 0.220 e. The standard InChI is InChI=1S/C15H28N4O/c1-12(11-19-14(3)9-13(2)17-19)10-16-15(20)7-6-8-18(4)5/h9,12H,6-8,10-11H2,1-5H3,(H,16,20)/t12-/m1/s1. The zero-order valence-corrected chi connectivity index (χ0v) is 13.4. The lowest BCUT2D eigenvalue weighted by Gasteiger charge is -2.14. The van der Waals surface area contributed by atoms with Crippen molar-refractivity contribution in [3.8, 4) is 0 Å². The van der Waals surface area contributed by atoms with Gasteiger partial charge in [0.1, 0.15) is 0 Å². The summed E-state index contributed by atoms with van der Waals surface area (Å²) in [6.07, 6.45) is 1.51. The van der Waals surface area contributed by atoms with Gasteiger partial charge in [0.05, 0.1) is 5.69 Å². The molecule has 0 spiro atoms. The highest BCUT2D eigenvalue weighted by atomic mass is 16.1. The van der Waals surface area contributed by atoms with Crippen LogP contribution in [0.4, 0.5) is 0 Å². The smallest absolute Gasteiger partial charge is 0.220 e. The molecule has 0 aliphatic rings. The molecule has 0 aliphatic heterocycles. The summed E-state index contributed by atoms with van der Waals surface area (Å²) in [5.74, 6) is 0.526. The molecule has 1 atom stereocenters. The SMILES string of the molecule is Cc1cc(C)n(C[C@H](C)CNC(=O)CCCN(C)C)n1. The predicted octanol–water partition coefficient (Wildman–Crippen LogP) is 1.59. The molecule has 0 saturated carbocycles. The Kier molecular flexibility index (Phi) is 6.71. The van der Waals surface area contributed by atoms with Crippen molar-refractivity contribution in [2.75, 3.05) is 27.2 Å². The molecule has 5 heteroatoms. The zero-order chi connectivity index (χ0) is 15.1. The van der Waals surface area contributed by atoms with Crippen LogP contribution in [0.3, 0.4) is 0 Å². The van der Waals surface area contributed by atoms with Gasteiger partial charge in [-0.2, -0.15) is 5.10 Å². The van der Waals surface area contributed by atoms with Crippen LogP contribution < -0.4 is 5.32 Å². The first-order chi connectivity index (χ1) is 9.38. The Morgan fingerprint density at radius 2 is 2.15 bits per heavy atom. The number of hydrogen-bond acceptors (Lipinski definition) is 3. The largest absolute Gasteiger partial charge is 0.356 e. The zero-order valence-electron chi connectivity index (χ0n) is 13.4. The molecule has 114 valence electrons. The van der Waals surface area contributed by atoms with E-state index in [-0.39, 0.29) is 5.91 Å². The van der Waals surface area contributed by atoms with Gasteiger partial charge in [0, 0.05) is 25.2 Å². The molecule has 1 aromatic rings. The number of nitrogens with one attached hydrogen (secondary N) is 1. The van der Waals surface area contributed by atoms with Gasteiger partial charge in [-0.25, -0.2) is 0 Å². The second-order valence-corrected chi connectivity index (χ2v) is 5.93. The second-order valence-electron chi connectivity index (χ2n) is 5.93. The van der Waals surface area contributed by atoms with E-state index in [4.69, 9.17) is 0 Å². The molecule has 0 radical (unpaired) electrons. The molecule has 0 bridgehead atoms. The van der Waals surface area contributed by atoms with Crippen LogP contribution in [0.2, 0.25) is 0 Å². The summed E-state index contributed by atoms with van der Waals surface area (Å²) in [6, 6.07) is 2.08. The first-order valence-corrected chi connectivity index (χ1v) is 7.31. The molecule has 0 unspecified atom stereocenters.